The lowest BCUT2D eigenvalue weighted by Crippen LogP contribution is -2.22. The summed E-state index contributed by atoms with van der Waals surface area (Å²) in [5, 5.41) is 12.6. The third kappa shape index (κ3) is 3.13. The van der Waals surface area contributed by atoms with Crippen LogP contribution in [0.2, 0.25) is 0 Å². The van der Waals surface area contributed by atoms with E-state index in [2.05, 4.69) is 54.4 Å². The number of anilines is 1. The Labute approximate surface area is 164 Å². The van der Waals surface area contributed by atoms with E-state index in [-0.39, 0.29) is 6.04 Å². The summed E-state index contributed by atoms with van der Waals surface area (Å²) >= 11 is 0. The van der Waals surface area contributed by atoms with Crippen molar-refractivity contribution in [2.45, 2.75) is 33.7 Å². The van der Waals surface area contributed by atoms with Gasteiger partial charge in [0, 0.05) is 24.2 Å². The maximum Gasteiger partial charge on any atom is 0.161 e. The van der Waals surface area contributed by atoms with Gasteiger partial charge in [-0.05, 0) is 19.8 Å². The summed E-state index contributed by atoms with van der Waals surface area (Å²) in [6.07, 6.45) is 1.59. The summed E-state index contributed by atoms with van der Waals surface area (Å²) in [7, 11) is 1.92. The highest BCUT2D eigenvalue weighted by Crippen LogP contribution is 2.29. The first-order chi connectivity index (χ1) is 13.5. The Bertz CT molecular complexity index is 1110. The van der Waals surface area contributed by atoms with Crippen molar-refractivity contribution in [1.29, 1.82) is 0 Å². The number of hydrogen-bond donors (Lipinski definition) is 1. The summed E-state index contributed by atoms with van der Waals surface area (Å²) in [4.78, 5) is 9.35. The molecular formula is C21H25N7. The van der Waals surface area contributed by atoms with E-state index in [1.807, 2.05) is 41.4 Å². The summed E-state index contributed by atoms with van der Waals surface area (Å²) < 4.78 is 3.70. The Morgan fingerprint density at radius 3 is 2.46 bits per heavy atom. The van der Waals surface area contributed by atoms with Gasteiger partial charge in [-0.1, -0.05) is 44.2 Å². The van der Waals surface area contributed by atoms with E-state index < -0.39 is 0 Å². The van der Waals surface area contributed by atoms with Crippen LogP contribution in [-0.2, 0) is 7.05 Å². The lowest BCUT2D eigenvalue weighted by atomic mass is 10.0. The summed E-state index contributed by atoms with van der Waals surface area (Å²) in [6, 6.07) is 12.3. The minimum absolute atomic E-state index is 0.00784. The SMILES string of the molecule is Cc1nn2c(N[C@H](c3ncnn3C)C(C)C)cc(-c3ccccc3)nc2c1C. The van der Waals surface area contributed by atoms with Crippen LogP contribution in [0.5, 0.6) is 0 Å². The predicted molar refractivity (Wildman–Crippen MR) is 110 cm³/mol. The second-order valence-corrected chi connectivity index (χ2v) is 7.45. The van der Waals surface area contributed by atoms with Crippen molar-refractivity contribution in [1.82, 2.24) is 29.4 Å². The third-order valence-corrected chi connectivity index (χ3v) is 5.12. The molecule has 0 saturated carbocycles. The van der Waals surface area contributed by atoms with Gasteiger partial charge in [-0.25, -0.2) is 9.97 Å². The molecule has 0 aliphatic heterocycles. The maximum absolute atomic E-state index is 4.89. The van der Waals surface area contributed by atoms with E-state index in [0.717, 1.165) is 39.8 Å². The van der Waals surface area contributed by atoms with Gasteiger partial charge in [0.1, 0.15) is 18.0 Å². The fourth-order valence-electron chi connectivity index (χ4n) is 3.36. The first-order valence-electron chi connectivity index (χ1n) is 9.48. The Balaban J connectivity index is 1.87. The van der Waals surface area contributed by atoms with E-state index in [9.17, 15) is 0 Å². The molecule has 7 heteroatoms. The number of benzene rings is 1. The average Bonchev–Trinajstić information content (AvgIpc) is 3.23. The molecule has 7 nitrogen and oxygen atoms in total. The highest BCUT2D eigenvalue weighted by Gasteiger charge is 2.23. The fourth-order valence-corrected chi connectivity index (χ4v) is 3.36. The minimum Gasteiger partial charge on any atom is -0.360 e. The van der Waals surface area contributed by atoms with Crippen LogP contribution in [0, 0.1) is 19.8 Å². The smallest absolute Gasteiger partial charge is 0.161 e. The molecular weight excluding hydrogens is 350 g/mol. The molecule has 1 aromatic carbocycles. The van der Waals surface area contributed by atoms with Gasteiger partial charge in [0.25, 0.3) is 0 Å². The van der Waals surface area contributed by atoms with Crippen molar-refractivity contribution in [3.8, 4) is 11.3 Å². The molecule has 3 aromatic heterocycles. The summed E-state index contributed by atoms with van der Waals surface area (Å²) in [5.41, 5.74) is 4.91. The maximum atomic E-state index is 4.89. The van der Waals surface area contributed by atoms with Gasteiger partial charge >= 0.3 is 0 Å². The van der Waals surface area contributed by atoms with Gasteiger partial charge in [-0.2, -0.15) is 14.7 Å². The van der Waals surface area contributed by atoms with E-state index in [1.54, 1.807) is 6.33 Å². The van der Waals surface area contributed by atoms with Crippen LogP contribution in [0.25, 0.3) is 16.9 Å². The zero-order valence-electron chi connectivity index (χ0n) is 16.9. The van der Waals surface area contributed by atoms with Crippen LogP contribution in [0.4, 0.5) is 5.82 Å². The first kappa shape index (κ1) is 18.2. The van der Waals surface area contributed by atoms with E-state index >= 15 is 0 Å². The van der Waals surface area contributed by atoms with Gasteiger partial charge in [0.05, 0.1) is 17.4 Å². The lowest BCUT2D eigenvalue weighted by molar-refractivity contribution is 0.495. The molecule has 4 aromatic rings. The summed E-state index contributed by atoms with van der Waals surface area (Å²) in [5.74, 6) is 2.09. The molecule has 0 bridgehead atoms. The number of aryl methyl sites for hydroxylation is 3. The molecule has 1 N–H and O–H groups in total. The molecule has 0 radical (unpaired) electrons. The third-order valence-electron chi connectivity index (χ3n) is 5.12. The number of nitrogens with zero attached hydrogens (tertiary/aromatic N) is 6. The van der Waals surface area contributed by atoms with Crippen LogP contribution in [-0.4, -0.2) is 29.4 Å². The van der Waals surface area contributed by atoms with Crippen molar-refractivity contribution in [3.05, 3.63) is 59.8 Å². The molecule has 1 atom stereocenters. The quantitative estimate of drug-likeness (QED) is 0.572. The molecule has 0 fully saturated rings. The van der Waals surface area contributed by atoms with Crippen LogP contribution in [0.3, 0.4) is 0 Å². The monoisotopic (exact) mass is 375 g/mol. The van der Waals surface area contributed by atoms with Gasteiger partial charge in [-0.15, -0.1) is 0 Å². The molecule has 0 amide bonds. The molecule has 0 saturated heterocycles. The molecule has 28 heavy (non-hydrogen) atoms. The zero-order valence-corrected chi connectivity index (χ0v) is 16.9. The fraction of sp³-hybridized carbons (Fsp3) is 0.333. The zero-order chi connectivity index (χ0) is 19.8. The van der Waals surface area contributed by atoms with Crippen molar-refractivity contribution in [3.63, 3.8) is 0 Å². The van der Waals surface area contributed by atoms with Gasteiger partial charge < -0.3 is 5.32 Å². The Hall–Kier alpha value is -3.22. The molecule has 0 aliphatic carbocycles. The van der Waals surface area contributed by atoms with Crippen molar-refractivity contribution >= 4 is 11.5 Å². The number of rotatable bonds is 5. The average molecular weight is 375 g/mol. The molecule has 144 valence electrons. The second kappa shape index (κ2) is 7.07. The predicted octanol–water partition coefficient (Wildman–Crippen LogP) is 3.95. The van der Waals surface area contributed by atoms with Gasteiger partial charge in [0.15, 0.2) is 5.65 Å². The minimum atomic E-state index is -0.00784. The summed E-state index contributed by atoms with van der Waals surface area (Å²) in [6.45, 7) is 8.41. The topological polar surface area (TPSA) is 72.9 Å². The normalized spacial score (nSPS) is 12.6. The van der Waals surface area contributed by atoms with E-state index in [1.165, 1.54) is 0 Å². The highest BCUT2D eigenvalue weighted by molar-refractivity contribution is 5.68. The van der Waals surface area contributed by atoms with E-state index in [0.29, 0.717) is 5.92 Å². The first-order valence-corrected chi connectivity index (χ1v) is 9.48. The standard InChI is InChI=1S/C21H25N7/c1-13(2)19(21-22-12-23-27(21)5)25-18-11-17(16-9-7-6-8-10-16)24-20-14(3)15(4)26-28(18)20/h6-13,19,25H,1-5H3/t19-/m0/s1. The Morgan fingerprint density at radius 2 is 1.82 bits per heavy atom. The van der Waals surface area contributed by atoms with Crippen molar-refractivity contribution in [2.75, 3.05) is 5.32 Å². The molecule has 0 aliphatic rings. The van der Waals surface area contributed by atoms with Crippen LogP contribution < -0.4 is 5.32 Å². The highest BCUT2D eigenvalue weighted by atomic mass is 15.3. The van der Waals surface area contributed by atoms with E-state index in [4.69, 9.17) is 10.1 Å². The van der Waals surface area contributed by atoms with Crippen molar-refractivity contribution in [2.24, 2.45) is 13.0 Å². The van der Waals surface area contributed by atoms with Crippen LogP contribution in [0.1, 0.15) is 37.0 Å². The van der Waals surface area contributed by atoms with Gasteiger partial charge in [-0.3, -0.25) is 4.68 Å². The molecule has 0 spiro atoms. The molecule has 3 heterocycles. The lowest BCUT2D eigenvalue weighted by Gasteiger charge is -2.23. The number of aromatic nitrogens is 6. The van der Waals surface area contributed by atoms with Crippen molar-refractivity contribution < 1.29 is 0 Å². The second-order valence-electron chi connectivity index (χ2n) is 7.45. The van der Waals surface area contributed by atoms with Crippen LogP contribution in [0.15, 0.2) is 42.7 Å². The largest absolute Gasteiger partial charge is 0.360 e. The molecule has 4 rings (SSSR count). The Morgan fingerprint density at radius 1 is 1.07 bits per heavy atom. The van der Waals surface area contributed by atoms with Crippen LogP contribution >= 0.6 is 0 Å². The number of hydrogen-bond acceptors (Lipinski definition) is 5. The number of fused-ring (bicyclic) bond motifs is 1. The number of nitrogens with one attached hydrogen (secondary N) is 1. The molecule has 0 unspecified atom stereocenters. The van der Waals surface area contributed by atoms with Gasteiger partial charge in [0.2, 0.25) is 0 Å². The Kier molecular flexibility index (Phi) is 4.58.